The van der Waals surface area contributed by atoms with Crippen molar-refractivity contribution >= 4 is 42.5 Å². The molecule has 0 aliphatic heterocycles. The molecular weight excluding hydrogens is 765 g/mol. The Balaban J connectivity index is 1.42. The second-order valence-electron chi connectivity index (χ2n) is 12.3. The van der Waals surface area contributed by atoms with Crippen molar-refractivity contribution < 1.29 is 43.9 Å². The molecule has 2 aromatic heterocycles. The lowest BCUT2D eigenvalue weighted by Gasteiger charge is -2.23. The summed E-state index contributed by atoms with van der Waals surface area (Å²) in [4.78, 5) is 29.3. The Hall–Kier alpha value is -5.78. The third-order valence-electron chi connectivity index (χ3n) is 8.57. The van der Waals surface area contributed by atoms with Gasteiger partial charge in [-0.1, -0.05) is 54.6 Å². The maximum Gasteiger partial charge on any atom is 0.416 e. The lowest BCUT2D eigenvalue weighted by Crippen LogP contribution is -2.34. The molecule has 0 aliphatic carbocycles. The number of H-pyrrole nitrogens is 1. The van der Waals surface area contributed by atoms with Gasteiger partial charge in [0.05, 0.1) is 48.7 Å². The first kappa shape index (κ1) is 38.9. The molecule has 6 rings (SSSR count). The summed E-state index contributed by atoms with van der Waals surface area (Å²) >= 11 is 0. The van der Waals surface area contributed by atoms with Crippen molar-refractivity contribution in [2.45, 2.75) is 24.2 Å². The number of hydrogen-bond acceptors (Lipinski definition) is 7. The molecule has 2 heterocycles. The number of nitrogens with one attached hydrogen (secondary N) is 2. The van der Waals surface area contributed by atoms with E-state index < -0.39 is 66.2 Å². The number of halogens is 4. The summed E-state index contributed by atoms with van der Waals surface area (Å²) in [5.41, 5.74) is -2.30. The molecule has 0 unspecified atom stereocenters. The number of carbonyl (C=O) groups is 1. The number of hydrogen-bond donors (Lipinski definition) is 2. The SMILES string of the molecule is CS(=O)(=O)N(CCOCc1ccccc1)c1cccc(S(=O)(=O)NC(=O)c2c(-c3ccc[nH]c3=O)c3cc(C(F)(F)F)ccc3n2Cc2ccccc2F)c1. The van der Waals surface area contributed by atoms with Crippen LogP contribution >= 0.6 is 0 Å². The van der Waals surface area contributed by atoms with E-state index in [0.29, 0.717) is 0 Å². The predicted molar refractivity (Wildman–Crippen MR) is 198 cm³/mol. The molecular formula is C38H32F4N4O7S2. The average molecular weight is 797 g/mol. The number of benzene rings is 4. The van der Waals surface area contributed by atoms with Gasteiger partial charge >= 0.3 is 6.18 Å². The number of amides is 1. The van der Waals surface area contributed by atoms with E-state index in [1.165, 1.54) is 48.7 Å². The Kier molecular flexibility index (Phi) is 11.0. The van der Waals surface area contributed by atoms with Gasteiger partial charge in [0, 0.05) is 33.8 Å². The van der Waals surface area contributed by atoms with Crippen molar-refractivity contribution in [3.63, 3.8) is 0 Å². The smallest absolute Gasteiger partial charge is 0.375 e. The van der Waals surface area contributed by atoms with E-state index in [1.54, 1.807) is 0 Å². The van der Waals surface area contributed by atoms with Crippen molar-refractivity contribution in [2.75, 3.05) is 23.7 Å². The molecule has 17 heteroatoms. The summed E-state index contributed by atoms with van der Waals surface area (Å²) in [6.07, 6.45) is -2.65. The molecule has 0 aliphatic rings. The summed E-state index contributed by atoms with van der Waals surface area (Å²) in [5.74, 6) is -2.08. The Labute approximate surface area is 312 Å². The molecule has 0 bridgehead atoms. The number of aromatic nitrogens is 2. The molecule has 6 aromatic rings. The summed E-state index contributed by atoms with van der Waals surface area (Å²) in [6, 6.07) is 24.5. The van der Waals surface area contributed by atoms with Gasteiger partial charge in [-0.2, -0.15) is 13.2 Å². The minimum absolute atomic E-state index is 0.00559. The van der Waals surface area contributed by atoms with Gasteiger partial charge in [0.15, 0.2) is 0 Å². The number of aromatic amines is 1. The quantitative estimate of drug-likeness (QED) is 0.103. The Morgan fingerprint density at radius 3 is 2.31 bits per heavy atom. The van der Waals surface area contributed by atoms with Crippen molar-refractivity contribution in [1.82, 2.24) is 14.3 Å². The fraction of sp³-hybridized carbons (Fsp3) is 0.158. The van der Waals surface area contributed by atoms with Gasteiger partial charge in [-0.3, -0.25) is 13.9 Å². The van der Waals surface area contributed by atoms with E-state index in [0.717, 1.165) is 57.1 Å². The summed E-state index contributed by atoms with van der Waals surface area (Å²) in [5, 5.41) is -0.231. The molecule has 0 radical (unpaired) electrons. The van der Waals surface area contributed by atoms with Gasteiger partial charge in [0.25, 0.3) is 21.5 Å². The number of sulfonamides is 2. The number of pyridine rings is 1. The summed E-state index contributed by atoms with van der Waals surface area (Å²) < 4.78 is 120. The Morgan fingerprint density at radius 1 is 0.891 bits per heavy atom. The fourth-order valence-corrected chi connectivity index (χ4v) is 7.95. The van der Waals surface area contributed by atoms with Crippen molar-refractivity contribution in [2.24, 2.45) is 0 Å². The maximum absolute atomic E-state index is 15.0. The number of nitrogens with zero attached hydrogens (tertiary/aromatic N) is 2. The van der Waals surface area contributed by atoms with Crippen LogP contribution < -0.4 is 14.6 Å². The predicted octanol–water partition coefficient (Wildman–Crippen LogP) is 6.30. The van der Waals surface area contributed by atoms with Crippen LogP contribution in [0.4, 0.5) is 23.2 Å². The Bertz CT molecular complexity index is 2660. The largest absolute Gasteiger partial charge is 0.416 e. The second-order valence-corrected chi connectivity index (χ2v) is 15.9. The van der Waals surface area contributed by atoms with E-state index in [9.17, 15) is 39.6 Å². The molecule has 2 N–H and O–H groups in total. The van der Waals surface area contributed by atoms with Crippen LogP contribution in [-0.2, 0) is 44.1 Å². The number of ether oxygens (including phenoxy) is 1. The maximum atomic E-state index is 15.0. The van der Waals surface area contributed by atoms with Gasteiger partial charge in [0.1, 0.15) is 11.5 Å². The van der Waals surface area contributed by atoms with E-state index in [2.05, 4.69) is 4.98 Å². The molecule has 0 saturated carbocycles. The van der Waals surface area contributed by atoms with Crippen LogP contribution in [0.1, 0.15) is 27.2 Å². The topological polar surface area (TPSA) is 148 Å². The Morgan fingerprint density at radius 2 is 1.62 bits per heavy atom. The zero-order valence-electron chi connectivity index (χ0n) is 28.9. The van der Waals surface area contributed by atoms with E-state index in [4.69, 9.17) is 4.74 Å². The molecule has 11 nitrogen and oxygen atoms in total. The molecule has 4 aromatic carbocycles. The van der Waals surface area contributed by atoms with Crippen LogP contribution in [0.25, 0.3) is 22.0 Å². The van der Waals surface area contributed by atoms with Crippen LogP contribution in [-0.4, -0.2) is 51.7 Å². The first-order valence-electron chi connectivity index (χ1n) is 16.5. The first-order valence-corrected chi connectivity index (χ1v) is 19.8. The number of carbonyl (C=O) groups excluding carboxylic acids is 1. The van der Waals surface area contributed by atoms with Crippen LogP contribution in [0.2, 0.25) is 0 Å². The molecule has 0 spiro atoms. The highest BCUT2D eigenvalue weighted by atomic mass is 32.2. The first-order chi connectivity index (χ1) is 26.0. The minimum Gasteiger partial charge on any atom is -0.375 e. The minimum atomic E-state index is -4.85. The normalized spacial score (nSPS) is 12.2. The van der Waals surface area contributed by atoms with Crippen LogP contribution in [0.5, 0.6) is 0 Å². The lowest BCUT2D eigenvalue weighted by molar-refractivity contribution is -0.137. The standard InChI is InChI=1S/C38H32F4N4O7S2/c1-54(49,50)46(19-20-53-24-25-9-3-2-4-10-25)28-12-7-13-29(22-28)55(51,52)44-37(48)35-34(30-14-8-18-43-36(30)47)31-21-27(38(40,41)42)16-17-33(31)45(35)23-26-11-5-6-15-32(26)39/h2-18,21-22H,19-20,23-24H2,1H3,(H,43,47)(H,44,48). The molecule has 1 amide bonds. The third kappa shape index (κ3) is 8.64. The third-order valence-corrected chi connectivity index (χ3v) is 11.1. The molecule has 0 atom stereocenters. The number of alkyl halides is 3. The molecule has 0 saturated heterocycles. The van der Waals surface area contributed by atoms with Crippen LogP contribution in [0.15, 0.2) is 125 Å². The van der Waals surface area contributed by atoms with Gasteiger partial charge < -0.3 is 14.3 Å². The zero-order chi connectivity index (χ0) is 39.5. The van der Waals surface area contributed by atoms with Crippen molar-refractivity contribution in [3.8, 4) is 11.1 Å². The lowest BCUT2D eigenvalue weighted by atomic mass is 10.0. The fourth-order valence-electron chi connectivity index (χ4n) is 6.05. The monoisotopic (exact) mass is 796 g/mol. The van der Waals surface area contributed by atoms with E-state index in [-0.39, 0.29) is 53.0 Å². The molecule has 0 fully saturated rings. The van der Waals surface area contributed by atoms with Gasteiger partial charge in [-0.05, 0) is 60.2 Å². The van der Waals surface area contributed by atoms with E-state index >= 15 is 4.39 Å². The highest BCUT2D eigenvalue weighted by molar-refractivity contribution is 7.92. The van der Waals surface area contributed by atoms with Crippen molar-refractivity contribution in [1.29, 1.82) is 0 Å². The number of fused-ring (bicyclic) bond motifs is 1. The average Bonchev–Trinajstić information content (AvgIpc) is 3.45. The van der Waals surface area contributed by atoms with Gasteiger partial charge in [0.2, 0.25) is 10.0 Å². The second kappa shape index (κ2) is 15.5. The van der Waals surface area contributed by atoms with Crippen LogP contribution in [0.3, 0.4) is 0 Å². The van der Waals surface area contributed by atoms with Crippen LogP contribution in [0, 0.1) is 5.82 Å². The van der Waals surface area contributed by atoms with E-state index in [1.807, 2.05) is 35.1 Å². The highest BCUT2D eigenvalue weighted by Crippen LogP contribution is 2.39. The summed E-state index contributed by atoms with van der Waals surface area (Å²) in [6.45, 7) is -0.500. The summed E-state index contributed by atoms with van der Waals surface area (Å²) in [7, 11) is -8.83. The zero-order valence-corrected chi connectivity index (χ0v) is 30.5. The number of rotatable bonds is 13. The number of anilines is 1. The van der Waals surface area contributed by atoms with Crippen molar-refractivity contribution in [3.05, 3.63) is 154 Å². The molecule has 286 valence electrons. The highest BCUT2D eigenvalue weighted by Gasteiger charge is 2.34. The molecule has 55 heavy (non-hydrogen) atoms. The van der Waals surface area contributed by atoms with Gasteiger partial charge in [-0.25, -0.2) is 25.9 Å². The van der Waals surface area contributed by atoms with Gasteiger partial charge in [-0.15, -0.1) is 0 Å².